The number of imide groups is 2. The Bertz CT molecular complexity index is 3100. The van der Waals surface area contributed by atoms with E-state index >= 15 is 0 Å². The topological polar surface area (TPSA) is 132 Å². The van der Waals surface area contributed by atoms with Gasteiger partial charge in [0.15, 0.2) is 0 Å². The number of carbonyl (C=O) groups is 4. The number of fused-ring (bicyclic) bond motifs is 8. The van der Waals surface area contributed by atoms with Crippen molar-refractivity contribution in [2.45, 2.75) is 0 Å². The summed E-state index contributed by atoms with van der Waals surface area (Å²) in [4.78, 5) is 70.8. The first-order valence-electron chi connectivity index (χ1n) is 20.0. The van der Waals surface area contributed by atoms with Crippen molar-refractivity contribution < 1.29 is 19.2 Å². The first-order chi connectivity index (χ1) is 30.4. The third-order valence-corrected chi connectivity index (χ3v) is 11.3. The SMILES string of the molecule is O=C1C=CC(=O)N1c1ccc(-c2c3nc(c(-c4ccccc4)c4ccc([nH]4)c(-c4ccccc4)c4nc(c(-c5ccc(N6C(=O)C=CC6=O)cc5)c5ccc2[nH]5)C=C4)C=C3)cc1. The van der Waals surface area contributed by atoms with Gasteiger partial charge in [0.1, 0.15) is 0 Å². The van der Waals surface area contributed by atoms with Crippen LogP contribution in [0.5, 0.6) is 0 Å². The number of hydrogen-bond donors (Lipinski definition) is 2. The Kier molecular flexibility index (Phi) is 8.50. The molecule has 7 aromatic rings. The molecule has 294 valence electrons. The van der Waals surface area contributed by atoms with Crippen molar-refractivity contribution in [3.63, 3.8) is 0 Å². The summed E-state index contributed by atoms with van der Waals surface area (Å²) in [6.45, 7) is 0. The number of rotatable bonds is 6. The molecule has 10 nitrogen and oxygen atoms in total. The summed E-state index contributed by atoms with van der Waals surface area (Å²) >= 11 is 0. The summed E-state index contributed by atoms with van der Waals surface area (Å²) in [6.07, 6.45) is 13.1. The molecule has 0 spiro atoms. The number of hydrogen-bond acceptors (Lipinski definition) is 6. The Balaban J connectivity index is 1.22. The van der Waals surface area contributed by atoms with Gasteiger partial charge in [0.05, 0.1) is 34.2 Å². The van der Waals surface area contributed by atoms with E-state index in [0.29, 0.717) is 22.8 Å². The van der Waals surface area contributed by atoms with Crippen molar-refractivity contribution in [1.82, 2.24) is 19.9 Å². The molecule has 10 heteroatoms. The molecule has 0 radical (unpaired) electrons. The van der Waals surface area contributed by atoms with Crippen LogP contribution in [-0.4, -0.2) is 43.6 Å². The van der Waals surface area contributed by atoms with Crippen molar-refractivity contribution in [2.24, 2.45) is 0 Å². The minimum absolute atomic E-state index is 0.392. The van der Waals surface area contributed by atoms with Gasteiger partial charge in [-0.3, -0.25) is 19.2 Å². The fourth-order valence-corrected chi connectivity index (χ4v) is 8.49. The number of amides is 4. The number of aromatic amines is 2. The largest absolute Gasteiger partial charge is 0.354 e. The number of nitrogens with zero attached hydrogens (tertiary/aromatic N) is 4. The van der Waals surface area contributed by atoms with Gasteiger partial charge in [-0.25, -0.2) is 19.8 Å². The lowest BCUT2D eigenvalue weighted by Crippen LogP contribution is -2.29. The molecule has 0 saturated carbocycles. The quantitative estimate of drug-likeness (QED) is 0.161. The molecular formula is C52H32N6O4. The van der Waals surface area contributed by atoms with E-state index in [1.54, 1.807) is 24.3 Å². The average Bonchev–Trinajstić information content (AvgIpc) is 4.18. The molecule has 62 heavy (non-hydrogen) atoms. The summed E-state index contributed by atoms with van der Waals surface area (Å²) in [7, 11) is 0. The Hall–Kier alpha value is -8.76. The summed E-state index contributed by atoms with van der Waals surface area (Å²) in [6, 6.07) is 43.1. The Morgan fingerprint density at radius 3 is 0.871 bits per heavy atom. The molecule has 4 amide bonds. The van der Waals surface area contributed by atoms with E-state index in [4.69, 9.17) is 9.97 Å². The molecule has 0 unspecified atom stereocenters. The first kappa shape index (κ1) is 36.3. The molecular weight excluding hydrogens is 773 g/mol. The van der Waals surface area contributed by atoms with Gasteiger partial charge in [-0.15, -0.1) is 0 Å². The molecule has 0 saturated heterocycles. The van der Waals surface area contributed by atoms with Crippen LogP contribution >= 0.6 is 0 Å². The molecule has 11 rings (SSSR count). The molecule has 7 heterocycles. The lowest BCUT2D eigenvalue weighted by atomic mass is 10.0. The summed E-state index contributed by atoms with van der Waals surface area (Å²) in [5.74, 6) is -1.57. The maximum absolute atomic E-state index is 12.6. The lowest BCUT2D eigenvalue weighted by molar-refractivity contribution is -0.121. The molecule has 4 aromatic carbocycles. The molecule has 4 aliphatic heterocycles. The second kappa shape index (κ2) is 14.5. The van der Waals surface area contributed by atoms with Crippen LogP contribution in [0.2, 0.25) is 0 Å². The second-order valence-corrected chi connectivity index (χ2v) is 15.0. The van der Waals surface area contributed by atoms with Gasteiger partial charge in [0.2, 0.25) is 0 Å². The lowest BCUT2D eigenvalue weighted by Gasteiger charge is -2.14. The van der Waals surface area contributed by atoms with Crippen LogP contribution in [0, 0.1) is 0 Å². The zero-order valence-electron chi connectivity index (χ0n) is 32.7. The van der Waals surface area contributed by atoms with Gasteiger partial charge in [-0.2, -0.15) is 0 Å². The normalized spacial score (nSPS) is 14.3. The number of carbonyl (C=O) groups excluding carboxylic acids is 4. The number of aromatic nitrogens is 4. The highest BCUT2D eigenvalue weighted by Gasteiger charge is 2.27. The molecule has 0 aliphatic carbocycles. The maximum Gasteiger partial charge on any atom is 0.258 e. The average molecular weight is 805 g/mol. The van der Waals surface area contributed by atoms with Crippen LogP contribution in [0.25, 0.3) is 90.9 Å². The van der Waals surface area contributed by atoms with Crippen molar-refractivity contribution in [3.05, 3.63) is 181 Å². The van der Waals surface area contributed by atoms with Crippen LogP contribution in [0.3, 0.4) is 0 Å². The molecule has 3 aromatic heterocycles. The highest BCUT2D eigenvalue weighted by atomic mass is 16.2. The van der Waals surface area contributed by atoms with E-state index in [9.17, 15) is 19.2 Å². The smallest absolute Gasteiger partial charge is 0.258 e. The van der Waals surface area contributed by atoms with Crippen LogP contribution in [0.15, 0.2) is 158 Å². The van der Waals surface area contributed by atoms with Gasteiger partial charge in [-0.05, 0) is 95.1 Å². The fourth-order valence-electron chi connectivity index (χ4n) is 8.49. The summed E-state index contributed by atoms with van der Waals surface area (Å²) in [5, 5.41) is 0. The minimum Gasteiger partial charge on any atom is -0.354 e. The number of nitrogens with one attached hydrogen (secondary N) is 2. The maximum atomic E-state index is 12.6. The molecule has 4 aliphatic rings. The van der Waals surface area contributed by atoms with Crippen LogP contribution in [0.4, 0.5) is 11.4 Å². The summed E-state index contributed by atoms with van der Waals surface area (Å²) < 4.78 is 0. The first-order valence-corrected chi connectivity index (χ1v) is 20.0. The van der Waals surface area contributed by atoms with Gasteiger partial charge in [-0.1, -0.05) is 84.9 Å². The number of anilines is 2. The predicted octanol–water partition coefficient (Wildman–Crippen LogP) is 10.2. The van der Waals surface area contributed by atoms with Crippen LogP contribution in [-0.2, 0) is 19.2 Å². The van der Waals surface area contributed by atoms with Crippen LogP contribution < -0.4 is 9.80 Å². The number of H-pyrrole nitrogens is 2. The Morgan fingerprint density at radius 1 is 0.306 bits per heavy atom. The third-order valence-electron chi connectivity index (χ3n) is 11.3. The highest BCUT2D eigenvalue weighted by Crippen LogP contribution is 2.39. The minimum atomic E-state index is -0.392. The van der Waals surface area contributed by atoms with Crippen LogP contribution in [0.1, 0.15) is 22.8 Å². The Morgan fingerprint density at radius 2 is 0.581 bits per heavy atom. The van der Waals surface area contributed by atoms with E-state index in [1.165, 1.54) is 24.3 Å². The standard InChI is InChI=1S/C52H32N6O4/c59-45-27-28-46(60)57(45)35-15-11-33(12-16-35)51-41-23-21-39(54-41)49(31-7-3-1-4-8-31)37-19-20-38(53-37)50(32-9-5-2-6-10-32)40-22-24-42(55-40)52(44-26-25-43(51)56-44)34-13-17-36(18-14-34)58-47(61)29-30-48(58)62/h1-30,53,56H. The van der Waals surface area contributed by atoms with Gasteiger partial charge in [0, 0.05) is 68.6 Å². The van der Waals surface area contributed by atoms with Gasteiger partial charge < -0.3 is 9.97 Å². The van der Waals surface area contributed by atoms with E-state index in [0.717, 1.165) is 87.8 Å². The monoisotopic (exact) mass is 804 g/mol. The van der Waals surface area contributed by atoms with E-state index in [2.05, 4.69) is 46.4 Å². The molecule has 2 N–H and O–H groups in total. The fraction of sp³-hybridized carbons (Fsp3) is 0. The van der Waals surface area contributed by atoms with Gasteiger partial charge >= 0.3 is 0 Å². The highest BCUT2D eigenvalue weighted by molar-refractivity contribution is 6.29. The van der Waals surface area contributed by atoms with Crippen molar-refractivity contribution >= 4 is 81.4 Å². The number of benzene rings is 4. The molecule has 8 bridgehead atoms. The van der Waals surface area contributed by atoms with Crippen molar-refractivity contribution in [2.75, 3.05) is 9.80 Å². The van der Waals surface area contributed by atoms with E-state index in [-0.39, 0.29) is 0 Å². The third kappa shape index (κ3) is 6.13. The molecule has 0 fully saturated rings. The van der Waals surface area contributed by atoms with Crippen molar-refractivity contribution in [1.29, 1.82) is 0 Å². The van der Waals surface area contributed by atoms with E-state index < -0.39 is 23.6 Å². The second-order valence-electron chi connectivity index (χ2n) is 15.0. The zero-order valence-corrected chi connectivity index (χ0v) is 32.7. The van der Waals surface area contributed by atoms with Crippen molar-refractivity contribution in [3.8, 4) is 44.5 Å². The zero-order chi connectivity index (χ0) is 41.9. The predicted molar refractivity (Wildman–Crippen MR) is 244 cm³/mol. The molecule has 0 atom stereocenters. The summed E-state index contributed by atoms with van der Waals surface area (Å²) in [5.41, 5.74) is 14.2. The van der Waals surface area contributed by atoms with Gasteiger partial charge in [0.25, 0.3) is 23.6 Å². The Labute approximate surface area is 354 Å². The van der Waals surface area contributed by atoms with E-state index in [1.807, 2.05) is 97.1 Å².